The third-order valence-electron chi connectivity index (χ3n) is 3.94. The molecule has 3 nitrogen and oxygen atoms in total. The van der Waals surface area contributed by atoms with Crippen LogP contribution in [0.25, 0.3) is 10.9 Å². The van der Waals surface area contributed by atoms with Crippen molar-refractivity contribution in [1.29, 1.82) is 0 Å². The van der Waals surface area contributed by atoms with Crippen molar-refractivity contribution in [3.63, 3.8) is 0 Å². The first-order valence-corrected chi connectivity index (χ1v) is 7.07. The smallest absolute Gasteiger partial charge is 0.193 e. The maximum atomic E-state index is 12.6. The van der Waals surface area contributed by atoms with Crippen LogP contribution in [0.15, 0.2) is 54.7 Å². The highest BCUT2D eigenvalue weighted by Crippen LogP contribution is 2.25. The summed E-state index contributed by atoms with van der Waals surface area (Å²) >= 11 is 0. The number of hydrogen-bond donors (Lipinski definition) is 1. The lowest BCUT2D eigenvalue weighted by atomic mass is 9.99. The second kappa shape index (κ2) is 4.70. The Labute approximate surface area is 122 Å². The number of ketones is 1. The molecule has 0 saturated carbocycles. The topological polar surface area (TPSA) is 42.0 Å². The molecule has 0 spiro atoms. The van der Waals surface area contributed by atoms with Gasteiger partial charge in [0.25, 0.3) is 0 Å². The first kappa shape index (κ1) is 12.1. The SMILES string of the molecule is O=C(c1ccc2c(c1)CCN2)c1ccc2ncccc2c1. The number of fused-ring (bicyclic) bond motifs is 2. The number of carbonyl (C=O) groups is 1. The molecule has 102 valence electrons. The minimum absolute atomic E-state index is 0.0652. The number of nitrogens with one attached hydrogen (secondary N) is 1. The molecule has 3 aromatic rings. The van der Waals surface area contributed by atoms with E-state index in [9.17, 15) is 4.79 Å². The molecule has 0 aliphatic carbocycles. The van der Waals surface area contributed by atoms with Crippen LogP contribution < -0.4 is 5.32 Å². The monoisotopic (exact) mass is 274 g/mol. The standard InChI is InChI=1S/C18H14N2O/c21-18(15-4-6-17-13(11-15)7-9-20-17)14-3-5-16-12(10-14)2-1-8-19-16/h1-6,8,10-11,20H,7,9H2. The highest BCUT2D eigenvalue weighted by atomic mass is 16.1. The summed E-state index contributed by atoms with van der Waals surface area (Å²) in [4.78, 5) is 16.9. The van der Waals surface area contributed by atoms with Gasteiger partial charge in [0, 0.05) is 34.9 Å². The maximum Gasteiger partial charge on any atom is 0.193 e. The van der Waals surface area contributed by atoms with E-state index in [2.05, 4.69) is 10.3 Å². The number of pyridine rings is 1. The van der Waals surface area contributed by atoms with Crippen LogP contribution in [0.2, 0.25) is 0 Å². The third kappa shape index (κ3) is 2.07. The van der Waals surface area contributed by atoms with Gasteiger partial charge < -0.3 is 5.32 Å². The molecule has 0 bridgehead atoms. The van der Waals surface area contributed by atoms with Crippen LogP contribution in [0.5, 0.6) is 0 Å². The van der Waals surface area contributed by atoms with E-state index < -0.39 is 0 Å². The predicted molar refractivity (Wildman–Crippen MR) is 83.8 cm³/mol. The highest BCUT2D eigenvalue weighted by Gasteiger charge is 2.15. The second-order valence-electron chi connectivity index (χ2n) is 5.29. The lowest BCUT2D eigenvalue weighted by molar-refractivity contribution is 0.103. The van der Waals surface area contributed by atoms with Crippen LogP contribution in [0.3, 0.4) is 0 Å². The Morgan fingerprint density at radius 2 is 1.90 bits per heavy atom. The molecular weight excluding hydrogens is 260 g/mol. The van der Waals surface area contributed by atoms with Crippen molar-refractivity contribution in [2.75, 3.05) is 11.9 Å². The fraction of sp³-hybridized carbons (Fsp3) is 0.111. The molecule has 2 heterocycles. The minimum Gasteiger partial charge on any atom is -0.384 e. The van der Waals surface area contributed by atoms with Gasteiger partial charge in [0.15, 0.2) is 5.78 Å². The van der Waals surface area contributed by atoms with Crippen LogP contribution in [-0.4, -0.2) is 17.3 Å². The van der Waals surface area contributed by atoms with E-state index in [0.29, 0.717) is 5.56 Å². The fourth-order valence-corrected chi connectivity index (χ4v) is 2.83. The average molecular weight is 274 g/mol. The molecule has 1 N–H and O–H groups in total. The van der Waals surface area contributed by atoms with E-state index in [4.69, 9.17) is 0 Å². The molecule has 21 heavy (non-hydrogen) atoms. The number of benzene rings is 2. The molecule has 4 rings (SSSR count). The van der Waals surface area contributed by atoms with Crippen molar-refractivity contribution in [2.24, 2.45) is 0 Å². The summed E-state index contributed by atoms with van der Waals surface area (Å²) in [7, 11) is 0. The van der Waals surface area contributed by atoms with Crippen LogP contribution >= 0.6 is 0 Å². The highest BCUT2D eigenvalue weighted by molar-refractivity contribution is 6.10. The molecule has 1 aromatic heterocycles. The van der Waals surface area contributed by atoms with Crippen molar-refractivity contribution in [1.82, 2.24) is 4.98 Å². The van der Waals surface area contributed by atoms with Gasteiger partial charge in [0.05, 0.1) is 5.52 Å². The van der Waals surface area contributed by atoms with Gasteiger partial charge in [-0.2, -0.15) is 0 Å². The predicted octanol–water partition coefficient (Wildman–Crippen LogP) is 3.43. The number of hydrogen-bond acceptors (Lipinski definition) is 3. The fourth-order valence-electron chi connectivity index (χ4n) is 2.83. The van der Waals surface area contributed by atoms with Gasteiger partial charge in [0.1, 0.15) is 0 Å². The molecular formula is C18H14N2O. The van der Waals surface area contributed by atoms with E-state index in [1.807, 2.05) is 48.5 Å². The lowest BCUT2D eigenvalue weighted by Gasteiger charge is -2.05. The van der Waals surface area contributed by atoms with Gasteiger partial charge in [-0.1, -0.05) is 6.07 Å². The summed E-state index contributed by atoms with van der Waals surface area (Å²) in [5.41, 5.74) is 4.74. The Balaban J connectivity index is 1.75. The zero-order valence-electron chi connectivity index (χ0n) is 11.5. The Hall–Kier alpha value is -2.68. The number of carbonyl (C=O) groups excluding carboxylic acids is 1. The van der Waals surface area contributed by atoms with Crippen LogP contribution in [0.1, 0.15) is 21.5 Å². The normalized spacial score (nSPS) is 13.0. The van der Waals surface area contributed by atoms with Crippen molar-refractivity contribution in [3.8, 4) is 0 Å². The molecule has 1 aliphatic heterocycles. The van der Waals surface area contributed by atoms with Gasteiger partial charge in [-0.15, -0.1) is 0 Å². The quantitative estimate of drug-likeness (QED) is 0.728. The molecule has 0 fully saturated rings. The number of rotatable bonds is 2. The molecule has 0 atom stereocenters. The summed E-state index contributed by atoms with van der Waals surface area (Å²) in [6.45, 7) is 0.953. The Morgan fingerprint density at radius 3 is 2.86 bits per heavy atom. The zero-order chi connectivity index (χ0) is 14.2. The molecule has 2 aromatic carbocycles. The van der Waals surface area contributed by atoms with Gasteiger partial charge >= 0.3 is 0 Å². The summed E-state index contributed by atoms with van der Waals surface area (Å²) < 4.78 is 0. The van der Waals surface area contributed by atoms with Crippen molar-refractivity contribution in [3.05, 3.63) is 71.4 Å². The molecule has 3 heteroatoms. The van der Waals surface area contributed by atoms with Gasteiger partial charge in [-0.25, -0.2) is 0 Å². The Morgan fingerprint density at radius 1 is 1.05 bits per heavy atom. The van der Waals surface area contributed by atoms with Gasteiger partial charge in [-0.3, -0.25) is 9.78 Å². The average Bonchev–Trinajstić information content (AvgIpc) is 3.01. The van der Waals surface area contributed by atoms with Crippen molar-refractivity contribution < 1.29 is 4.79 Å². The van der Waals surface area contributed by atoms with E-state index in [-0.39, 0.29) is 5.78 Å². The van der Waals surface area contributed by atoms with E-state index >= 15 is 0 Å². The largest absolute Gasteiger partial charge is 0.384 e. The summed E-state index contributed by atoms with van der Waals surface area (Å²) in [6, 6.07) is 15.4. The van der Waals surface area contributed by atoms with Crippen molar-refractivity contribution >= 4 is 22.4 Å². The zero-order valence-corrected chi connectivity index (χ0v) is 11.5. The van der Waals surface area contributed by atoms with Crippen LogP contribution in [0, 0.1) is 0 Å². The van der Waals surface area contributed by atoms with E-state index in [0.717, 1.165) is 35.1 Å². The number of aromatic nitrogens is 1. The molecule has 1 aliphatic rings. The van der Waals surface area contributed by atoms with Crippen molar-refractivity contribution in [2.45, 2.75) is 6.42 Å². The van der Waals surface area contributed by atoms with Gasteiger partial charge in [0.2, 0.25) is 0 Å². The summed E-state index contributed by atoms with van der Waals surface area (Å²) in [6.07, 6.45) is 2.75. The number of anilines is 1. The molecule has 0 unspecified atom stereocenters. The van der Waals surface area contributed by atoms with E-state index in [1.165, 1.54) is 5.56 Å². The minimum atomic E-state index is 0.0652. The first-order valence-electron chi connectivity index (χ1n) is 7.07. The van der Waals surface area contributed by atoms with Gasteiger partial charge in [-0.05, 0) is 54.4 Å². The summed E-state index contributed by atoms with van der Waals surface area (Å²) in [5, 5.41) is 4.30. The third-order valence-corrected chi connectivity index (χ3v) is 3.94. The Kier molecular flexibility index (Phi) is 2.71. The molecule has 0 amide bonds. The Bertz CT molecular complexity index is 855. The second-order valence-corrected chi connectivity index (χ2v) is 5.29. The van der Waals surface area contributed by atoms with E-state index in [1.54, 1.807) is 6.20 Å². The lowest BCUT2D eigenvalue weighted by Crippen LogP contribution is -2.02. The van der Waals surface area contributed by atoms with Crippen LogP contribution in [0.4, 0.5) is 5.69 Å². The summed E-state index contributed by atoms with van der Waals surface area (Å²) in [5.74, 6) is 0.0652. The number of nitrogens with zero attached hydrogens (tertiary/aromatic N) is 1. The van der Waals surface area contributed by atoms with Crippen LogP contribution in [-0.2, 0) is 6.42 Å². The molecule has 0 saturated heterocycles. The maximum absolute atomic E-state index is 12.6. The molecule has 0 radical (unpaired) electrons. The first-order chi connectivity index (χ1) is 10.3.